The van der Waals surface area contributed by atoms with Crippen molar-refractivity contribution >= 4 is 27.6 Å². The molecule has 20 heavy (non-hydrogen) atoms. The lowest BCUT2D eigenvalue weighted by Crippen LogP contribution is -2.38. The van der Waals surface area contributed by atoms with Crippen LogP contribution in [0.25, 0.3) is 5.69 Å². The number of aromatic nitrogens is 2. The Morgan fingerprint density at radius 2 is 2.35 bits per heavy atom. The largest absolute Gasteiger partial charge is 0.394 e. The second kappa shape index (κ2) is 6.53. The first kappa shape index (κ1) is 14.5. The number of aliphatic hydroxyl groups excluding tert-OH is 1. The number of hydrogen-bond acceptors (Lipinski definition) is 3. The van der Waals surface area contributed by atoms with Crippen molar-refractivity contribution in [1.82, 2.24) is 15.1 Å². The number of rotatable bonds is 4. The molecule has 0 aliphatic carbocycles. The quantitative estimate of drug-likeness (QED) is 0.799. The highest BCUT2D eigenvalue weighted by atomic mass is 79.9. The molecule has 1 aromatic carbocycles. The Morgan fingerprint density at radius 3 is 3.00 bits per heavy atom. The van der Waals surface area contributed by atoms with Crippen molar-refractivity contribution in [2.24, 2.45) is 0 Å². The smallest absolute Gasteiger partial charge is 0.319 e. The topological polar surface area (TPSA) is 79.2 Å². The highest BCUT2D eigenvalue weighted by Crippen LogP contribution is 2.24. The summed E-state index contributed by atoms with van der Waals surface area (Å²) in [6.45, 7) is 1.60. The molecule has 0 bridgehead atoms. The van der Waals surface area contributed by atoms with Gasteiger partial charge in [0.1, 0.15) is 0 Å². The molecule has 1 atom stereocenters. The number of hydrogen-bond donors (Lipinski definition) is 3. The van der Waals surface area contributed by atoms with Crippen molar-refractivity contribution in [3.05, 3.63) is 41.1 Å². The van der Waals surface area contributed by atoms with Crippen molar-refractivity contribution in [2.75, 3.05) is 11.9 Å². The van der Waals surface area contributed by atoms with Crippen LogP contribution in [0.1, 0.15) is 6.92 Å². The van der Waals surface area contributed by atoms with E-state index in [-0.39, 0.29) is 18.7 Å². The zero-order valence-electron chi connectivity index (χ0n) is 10.9. The number of nitrogens with zero attached hydrogens (tertiary/aromatic N) is 2. The molecule has 0 aliphatic heterocycles. The fourth-order valence-corrected chi connectivity index (χ4v) is 2.01. The summed E-state index contributed by atoms with van der Waals surface area (Å²) in [7, 11) is 0. The van der Waals surface area contributed by atoms with E-state index in [0.717, 1.165) is 10.2 Å². The lowest BCUT2D eigenvalue weighted by molar-refractivity contribution is 0.229. The van der Waals surface area contributed by atoms with Gasteiger partial charge in [0.15, 0.2) is 0 Å². The van der Waals surface area contributed by atoms with E-state index in [9.17, 15) is 4.79 Å². The summed E-state index contributed by atoms with van der Waals surface area (Å²) in [6.07, 6.45) is 3.46. The van der Waals surface area contributed by atoms with Gasteiger partial charge in [-0.15, -0.1) is 0 Å². The van der Waals surface area contributed by atoms with Gasteiger partial charge in [-0.25, -0.2) is 9.48 Å². The van der Waals surface area contributed by atoms with Gasteiger partial charge in [0.2, 0.25) is 0 Å². The van der Waals surface area contributed by atoms with E-state index < -0.39 is 0 Å². The van der Waals surface area contributed by atoms with E-state index >= 15 is 0 Å². The average molecular weight is 339 g/mol. The van der Waals surface area contributed by atoms with Gasteiger partial charge in [-0.3, -0.25) is 0 Å². The summed E-state index contributed by atoms with van der Waals surface area (Å²) in [5.74, 6) is 0. The number of carbonyl (C=O) groups excluding carboxylic acids is 1. The van der Waals surface area contributed by atoms with Crippen LogP contribution in [0.15, 0.2) is 41.1 Å². The van der Waals surface area contributed by atoms with Gasteiger partial charge in [0.25, 0.3) is 0 Å². The molecule has 0 spiro atoms. The van der Waals surface area contributed by atoms with E-state index in [1.165, 1.54) is 0 Å². The van der Waals surface area contributed by atoms with Gasteiger partial charge in [-0.2, -0.15) is 5.10 Å². The van der Waals surface area contributed by atoms with Crippen molar-refractivity contribution < 1.29 is 9.90 Å². The molecule has 106 valence electrons. The summed E-state index contributed by atoms with van der Waals surface area (Å²) in [6, 6.07) is 6.63. The Labute approximate surface area is 124 Å². The fourth-order valence-electron chi connectivity index (χ4n) is 1.65. The number of amides is 2. The van der Waals surface area contributed by atoms with Gasteiger partial charge in [-0.05, 0) is 31.2 Å². The van der Waals surface area contributed by atoms with E-state index in [1.54, 1.807) is 36.1 Å². The van der Waals surface area contributed by atoms with Crippen LogP contribution in [0.3, 0.4) is 0 Å². The zero-order valence-corrected chi connectivity index (χ0v) is 12.5. The van der Waals surface area contributed by atoms with Crippen LogP contribution in [0.2, 0.25) is 0 Å². The van der Waals surface area contributed by atoms with Gasteiger partial charge in [0.05, 0.1) is 24.0 Å². The highest BCUT2D eigenvalue weighted by molar-refractivity contribution is 9.10. The van der Waals surface area contributed by atoms with Crippen LogP contribution < -0.4 is 10.6 Å². The highest BCUT2D eigenvalue weighted by Gasteiger charge is 2.11. The molecule has 2 aromatic rings. The molecule has 0 aliphatic rings. The van der Waals surface area contributed by atoms with E-state index in [0.29, 0.717) is 5.69 Å². The molecule has 0 radical (unpaired) electrons. The SMILES string of the molecule is C[C@@H](CO)NC(=O)Nc1cc(Br)ccc1-n1cccn1. The second-order valence-electron chi connectivity index (χ2n) is 4.29. The summed E-state index contributed by atoms with van der Waals surface area (Å²) < 4.78 is 2.51. The number of urea groups is 1. The molecular weight excluding hydrogens is 324 g/mol. The lowest BCUT2D eigenvalue weighted by Gasteiger charge is -2.15. The average Bonchev–Trinajstić information content (AvgIpc) is 2.92. The van der Waals surface area contributed by atoms with Gasteiger partial charge in [-0.1, -0.05) is 15.9 Å². The fraction of sp³-hybridized carbons (Fsp3) is 0.231. The van der Waals surface area contributed by atoms with E-state index in [2.05, 4.69) is 31.7 Å². The maximum absolute atomic E-state index is 11.8. The minimum absolute atomic E-state index is 0.113. The van der Waals surface area contributed by atoms with Crippen molar-refractivity contribution in [2.45, 2.75) is 13.0 Å². The molecule has 0 saturated heterocycles. The molecule has 2 amide bonds. The number of benzene rings is 1. The molecule has 1 aromatic heterocycles. The molecule has 0 fully saturated rings. The summed E-state index contributed by atoms with van der Waals surface area (Å²) >= 11 is 3.37. The Morgan fingerprint density at radius 1 is 1.55 bits per heavy atom. The van der Waals surface area contributed by atoms with E-state index in [1.807, 2.05) is 12.1 Å². The van der Waals surface area contributed by atoms with Crippen molar-refractivity contribution in [3.63, 3.8) is 0 Å². The number of carbonyl (C=O) groups is 1. The molecular formula is C13H15BrN4O2. The minimum Gasteiger partial charge on any atom is -0.394 e. The maximum atomic E-state index is 11.8. The van der Waals surface area contributed by atoms with Crippen LogP contribution in [-0.2, 0) is 0 Å². The molecule has 0 unspecified atom stereocenters. The van der Waals surface area contributed by atoms with Crippen molar-refractivity contribution in [3.8, 4) is 5.69 Å². The van der Waals surface area contributed by atoms with Gasteiger partial charge >= 0.3 is 6.03 Å². The summed E-state index contributed by atoms with van der Waals surface area (Å²) in [4.78, 5) is 11.8. The first-order valence-corrected chi connectivity index (χ1v) is 6.87. The number of halogens is 1. The predicted octanol–water partition coefficient (Wildman–Crippen LogP) is 2.14. The molecule has 3 N–H and O–H groups in total. The minimum atomic E-state index is -0.377. The van der Waals surface area contributed by atoms with Gasteiger partial charge in [0, 0.05) is 16.9 Å². The normalized spacial score (nSPS) is 11.9. The first-order valence-electron chi connectivity index (χ1n) is 6.08. The van der Waals surface area contributed by atoms with Crippen LogP contribution in [-0.4, -0.2) is 33.6 Å². The number of nitrogens with one attached hydrogen (secondary N) is 2. The summed E-state index contributed by atoms with van der Waals surface area (Å²) in [5.41, 5.74) is 1.37. The Kier molecular flexibility index (Phi) is 4.75. The Balaban J connectivity index is 2.22. The molecule has 7 heteroatoms. The Bertz CT molecular complexity index is 586. The third-order valence-corrected chi connectivity index (χ3v) is 3.10. The maximum Gasteiger partial charge on any atom is 0.319 e. The number of anilines is 1. The van der Waals surface area contributed by atoms with Crippen LogP contribution >= 0.6 is 15.9 Å². The van der Waals surface area contributed by atoms with Crippen LogP contribution in [0, 0.1) is 0 Å². The monoisotopic (exact) mass is 338 g/mol. The summed E-state index contributed by atoms with van der Waals surface area (Å²) in [5, 5.41) is 18.5. The number of aliphatic hydroxyl groups is 1. The third-order valence-electron chi connectivity index (χ3n) is 2.61. The van der Waals surface area contributed by atoms with Crippen LogP contribution in [0.4, 0.5) is 10.5 Å². The third kappa shape index (κ3) is 3.58. The van der Waals surface area contributed by atoms with Crippen molar-refractivity contribution in [1.29, 1.82) is 0 Å². The lowest BCUT2D eigenvalue weighted by atomic mass is 10.2. The first-order chi connectivity index (χ1) is 9.60. The van der Waals surface area contributed by atoms with E-state index in [4.69, 9.17) is 5.11 Å². The van der Waals surface area contributed by atoms with Gasteiger partial charge < -0.3 is 15.7 Å². The molecule has 6 nitrogen and oxygen atoms in total. The molecule has 2 rings (SSSR count). The predicted molar refractivity (Wildman–Crippen MR) is 80.0 cm³/mol. The van der Waals surface area contributed by atoms with Crippen LogP contribution in [0.5, 0.6) is 0 Å². The second-order valence-corrected chi connectivity index (χ2v) is 5.21. The zero-order chi connectivity index (χ0) is 14.5. The molecule has 1 heterocycles. The molecule has 0 saturated carbocycles. The standard InChI is InChI=1S/C13H15BrN4O2/c1-9(8-19)16-13(20)17-11-7-10(14)3-4-12(11)18-6-2-5-15-18/h2-7,9,19H,8H2,1H3,(H2,16,17,20)/t9-/m0/s1. The Hall–Kier alpha value is -1.86.